The van der Waals surface area contributed by atoms with Gasteiger partial charge >= 0.3 is 5.97 Å². The van der Waals surface area contributed by atoms with Crippen molar-refractivity contribution in [3.05, 3.63) is 101 Å². The summed E-state index contributed by atoms with van der Waals surface area (Å²) >= 11 is 0. The number of hydrogen-bond donors (Lipinski definition) is 1. The zero-order chi connectivity index (χ0) is 20.7. The molecule has 0 saturated heterocycles. The summed E-state index contributed by atoms with van der Waals surface area (Å²) in [5.74, 6) is -0.669. The van der Waals surface area contributed by atoms with Crippen molar-refractivity contribution in [3.63, 3.8) is 0 Å². The number of esters is 1. The molecular formula is C22H18N2O4S. The molecule has 0 radical (unpaired) electrons. The van der Waals surface area contributed by atoms with Gasteiger partial charge in [-0.15, -0.1) is 0 Å². The van der Waals surface area contributed by atoms with Crippen molar-refractivity contribution in [2.24, 2.45) is 0 Å². The Kier molecular flexibility index (Phi) is 6.39. The fourth-order valence-corrected chi connectivity index (χ4v) is 3.69. The van der Waals surface area contributed by atoms with Gasteiger partial charge in [0.25, 0.3) is 0 Å². The van der Waals surface area contributed by atoms with Crippen LogP contribution < -0.4 is 4.72 Å². The molecule has 0 unspecified atom stereocenters. The predicted octanol–water partition coefficient (Wildman–Crippen LogP) is 3.39. The first-order chi connectivity index (χ1) is 14.0. The van der Waals surface area contributed by atoms with E-state index in [-0.39, 0.29) is 23.6 Å². The van der Waals surface area contributed by atoms with Crippen LogP contribution in [0.1, 0.15) is 27.0 Å². The third-order valence-corrected chi connectivity index (χ3v) is 5.58. The third kappa shape index (κ3) is 5.29. The highest BCUT2D eigenvalue weighted by Gasteiger charge is 2.17. The number of nitriles is 1. The summed E-state index contributed by atoms with van der Waals surface area (Å²) in [6.07, 6.45) is 0. The van der Waals surface area contributed by atoms with Crippen LogP contribution in [-0.2, 0) is 27.9 Å². The first-order valence-electron chi connectivity index (χ1n) is 8.78. The lowest BCUT2D eigenvalue weighted by Gasteiger charge is -2.09. The summed E-state index contributed by atoms with van der Waals surface area (Å²) in [6.45, 7) is 0.0641. The Morgan fingerprint density at radius 3 is 2.45 bits per heavy atom. The van der Waals surface area contributed by atoms with Gasteiger partial charge in [-0.3, -0.25) is 0 Å². The van der Waals surface area contributed by atoms with Crippen LogP contribution in [0, 0.1) is 11.3 Å². The van der Waals surface area contributed by atoms with Gasteiger partial charge in [-0.25, -0.2) is 17.9 Å². The maximum atomic E-state index is 12.5. The first kappa shape index (κ1) is 20.3. The lowest BCUT2D eigenvalue weighted by atomic mass is 10.1. The zero-order valence-corrected chi connectivity index (χ0v) is 16.2. The van der Waals surface area contributed by atoms with Crippen LogP contribution in [0.25, 0.3) is 0 Å². The molecule has 3 aromatic carbocycles. The fraction of sp³-hybridized carbons (Fsp3) is 0.0909. The minimum Gasteiger partial charge on any atom is -0.457 e. The molecule has 0 saturated carbocycles. The fourth-order valence-electron chi connectivity index (χ4n) is 2.63. The largest absolute Gasteiger partial charge is 0.457 e. The summed E-state index contributed by atoms with van der Waals surface area (Å²) in [4.78, 5) is 12.3. The van der Waals surface area contributed by atoms with E-state index in [9.17, 15) is 13.2 Å². The van der Waals surface area contributed by atoms with E-state index in [4.69, 9.17) is 10.00 Å². The highest BCUT2D eigenvalue weighted by atomic mass is 32.2. The Morgan fingerprint density at radius 2 is 1.69 bits per heavy atom. The van der Waals surface area contributed by atoms with Gasteiger partial charge in [-0.1, -0.05) is 54.6 Å². The summed E-state index contributed by atoms with van der Waals surface area (Å²) in [5, 5.41) is 9.10. The van der Waals surface area contributed by atoms with Gasteiger partial charge in [0, 0.05) is 12.1 Å². The van der Waals surface area contributed by atoms with E-state index in [0.29, 0.717) is 11.1 Å². The van der Waals surface area contributed by atoms with Gasteiger partial charge in [0.1, 0.15) is 6.61 Å². The summed E-state index contributed by atoms with van der Waals surface area (Å²) < 4.78 is 32.9. The molecule has 0 aliphatic heterocycles. The van der Waals surface area contributed by atoms with E-state index >= 15 is 0 Å². The molecule has 6 nitrogen and oxygen atoms in total. The lowest BCUT2D eigenvalue weighted by molar-refractivity contribution is 0.0472. The van der Waals surface area contributed by atoms with E-state index in [2.05, 4.69) is 4.72 Å². The van der Waals surface area contributed by atoms with E-state index in [1.54, 1.807) is 24.3 Å². The molecule has 3 aromatic rings. The summed E-state index contributed by atoms with van der Waals surface area (Å²) in [7, 11) is -3.79. The van der Waals surface area contributed by atoms with Crippen molar-refractivity contribution in [3.8, 4) is 6.07 Å². The smallest absolute Gasteiger partial charge is 0.338 e. The number of carbonyl (C=O) groups is 1. The van der Waals surface area contributed by atoms with Crippen molar-refractivity contribution < 1.29 is 17.9 Å². The number of nitrogens with one attached hydrogen (secondary N) is 1. The normalized spacial score (nSPS) is 10.9. The van der Waals surface area contributed by atoms with Gasteiger partial charge in [0.05, 0.1) is 22.1 Å². The second kappa shape index (κ2) is 9.15. The minimum atomic E-state index is -3.79. The topological polar surface area (TPSA) is 96.3 Å². The number of carbonyl (C=O) groups excluding carboxylic acids is 1. The Labute approximate surface area is 169 Å². The molecule has 0 spiro atoms. The van der Waals surface area contributed by atoms with Crippen molar-refractivity contribution in [2.75, 3.05) is 0 Å². The molecule has 1 N–H and O–H groups in total. The molecule has 0 aliphatic rings. The Balaban J connectivity index is 1.69. The molecule has 0 amide bonds. The summed E-state index contributed by atoms with van der Waals surface area (Å²) in [6, 6.07) is 23.6. The number of ether oxygens (including phenoxy) is 1. The van der Waals surface area contributed by atoms with Gasteiger partial charge in [0.15, 0.2) is 0 Å². The average Bonchev–Trinajstić information content (AvgIpc) is 2.77. The van der Waals surface area contributed by atoms with Crippen molar-refractivity contribution in [1.29, 1.82) is 5.26 Å². The van der Waals surface area contributed by atoms with Crippen LogP contribution in [0.2, 0.25) is 0 Å². The van der Waals surface area contributed by atoms with Crippen LogP contribution in [0.15, 0.2) is 83.8 Å². The minimum absolute atomic E-state index is 0.0275. The van der Waals surface area contributed by atoms with Crippen LogP contribution in [0.3, 0.4) is 0 Å². The van der Waals surface area contributed by atoms with Crippen molar-refractivity contribution in [1.82, 2.24) is 4.72 Å². The van der Waals surface area contributed by atoms with Crippen LogP contribution in [0.5, 0.6) is 0 Å². The maximum absolute atomic E-state index is 12.5. The molecule has 29 heavy (non-hydrogen) atoms. The third-order valence-electron chi connectivity index (χ3n) is 4.19. The molecule has 0 aliphatic carbocycles. The first-order valence-corrected chi connectivity index (χ1v) is 10.3. The van der Waals surface area contributed by atoms with Gasteiger partial charge in [-0.2, -0.15) is 5.26 Å². The highest BCUT2D eigenvalue weighted by Crippen LogP contribution is 2.15. The van der Waals surface area contributed by atoms with Crippen LogP contribution in [-0.4, -0.2) is 14.4 Å². The molecule has 3 rings (SSSR count). The molecular weight excluding hydrogens is 388 g/mol. The maximum Gasteiger partial charge on any atom is 0.338 e. The van der Waals surface area contributed by atoms with Crippen molar-refractivity contribution >= 4 is 16.0 Å². The second-order valence-corrected chi connectivity index (χ2v) is 7.95. The quantitative estimate of drug-likeness (QED) is 0.607. The number of rotatable bonds is 7. The highest BCUT2D eigenvalue weighted by molar-refractivity contribution is 7.89. The van der Waals surface area contributed by atoms with Crippen molar-refractivity contribution in [2.45, 2.75) is 18.0 Å². The Bertz CT molecular complexity index is 1150. The summed E-state index contributed by atoms with van der Waals surface area (Å²) in [5.41, 5.74) is 1.93. The van der Waals surface area contributed by atoms with Crippen LogP contribution in [0.4, 0.5) is 0 Å². The predicted molar refractivity (Wildman–Crippen MR) is 107 cm³/mol. The molecule has 146 valence electrons. The average molecular weight is 406 g/mol. The van der Waals surface area contributed by atoms with Gasteiger partial charge in [-0.05, 0) is 29.8 Å². The van der Waals surface area contributed by atoms with Gasteiger partial charge < -0.3 is 4.74 Å². The molecule has 0 fully saturated rings. The molecule has 0 bridgehead atoms. The lowest BCUT2D eigenvalue weighted by Crippen LogP contribution is -2.23. The second-order valence-electron chi connectivity index (χ2n) is 6.18. The number of hydrogen-bond acceptors (Lipinski definition) is 5. The van der Waals surface area contributed by atoms with E-state index < -0.39 is 16.0 Å². The molecule has 0 atom stereocenters. The molecule has 0 aromatic heterocycles. The number of sulfonamides is 1. The van der Waals surface area contributed by atoms with Gasteiger partial charge in [0.2, 0.25) is 10.0 Å². The number of benzene rings is 3. The zero-order valence-electron chi connectivity index (χ0n) is 15.4. The monoisotopic (exact) mass is 406 g/mol. The Morgan fingerprint density at radius 1 is 0.966 bits per heavy atom. The van der Waals surface area contributed by atoms with E-state index in [1.165, 1.54) is 24.3 Å². The van der Waals surface area contributed by atoms with E-state index in [1.807, 2.05) is 36.4 Å². The molecule has 0 heterocycles. The number of nitrogens with zero attached hydrogens (tertiary/aromatic N) is 1. The SMILES string of the molecule is N#Cc1ccccc1COC(=O)c1cccc(S(=O)(=O)NCc2ccccc2)c1. The Hall–Kier alpha value is -3.47. The van der Waals surface area contributed by atoms with Crippen LogP contribution >= 0.6 is 0 Å². The standard InChI is InChI=1S/C22H18N2O4S/c23-14-19-9-4-5-10-20(19)16-28-22(25)18-11-6-12-21(13-18)29(26,27)24-15-17-7-2-1-3-8-17/h1-13,24H,15-16H2. The van der Waals surface area contributed by atoms with E-state index in [0.717, 1.165) is 5.56 Å². The molecule has 7 heteroatoms.